The van der Waals surface area contributed by atoms with Crippen LogP contribution in [0.5, 0.6) is 0 Å². The normalized spacial score (nSPS) is 11.8. The SMILES string of the molecule is Cc1ccccc1Cn1nnc(CN)c1C(C)(C)C. The van der Waals surface area contributed by atoms with Crippen molar-refractivity contribution in [3.8, 4) is 0 Å². The maximum Gasteiger partial charge on any atom is 0.1000 e. The second kappa shape index (κ2) is 5.13. The molecular formula is C15H22N4. The van der Waals surface area contributed by atoms with Crippen LogP contribution in [-0.4, -0.2) is 15.0 Å². The average molecular weight is 258 g/mol. The van der Waals surface area contributed by atoms with E-state index in [4.69, 9.17) is 5.73 Å². The molecule has 1 aromatic carbocycles. The van der Waals surface area contributed by atoms with Crippen molar-refractivity contribution in [3.63, 3.8) is 0 Å². The number of benzene rings is 1. The molecule has 0 aliphatic heterocycles. The van der Waals surface area contributed by atoms with Crippen molar-refractivity contribution in [2.45, 2.75) is 46.2 Å². The second-order valence-electron chi connectivity index (χ2n) is 5.92. The summed E-state index contributed by atoms with van der Waals surface area (Å²) in [5.41, 5.74) is 10.3. The van der Waals surface area contributed by atoms with E-state index in [0.717, 1.165) is 17.9 Å². The first kappa shape index (κ1) is 13.7. The summed E-state index contributed by atoms with van der Waals surface area (Å²) in [6, 6.07) is 8.36. The topological polar surface area (TPSA) is 56.7 Å². The molecule has 0 spiro atoms. The zero-order valence-corrected chi connectivity index (χ0v) is 12.1. The summed E-state index contributed by atoms with van der Waals surface area (Å²) in [5, 5.41) is 8.49. The van der Waals surface area contributed by atoms with Crippen molar-refractivity contribution in [1.29, 1.82) is 0 Å². The highest BCUT2D eigenvalue weighted by molar-refractivity contribution is 5.27. The van der Waals surface area contributed by atoms with Gasteiger partial charge in [-0.25, -0.2) is 4.68 Å². The Morgan fingerprint density at radius 1 is 1.21 bits per heavy atom. The Labute approximate surface area is 114 Å². The molecule has 0 saturated carbocycles. The number of nitrogens with zero attached hydrogens (tertiary/aromatic N) is 3. The highest BCUT2D eigenvalue weighted by atomic mass is 15.4. The largest absolute Gasteiger partial charge is 0.325 e. The fourth-order valence-electron chi connectivity index (χ4n) is 2.37. The third-order valence-electron chi connectivity index (χ3n) is 3.29. The molecule has 0 atom stereocenters. The predicted octanol–water partition coefficient (Wildman–Crippen LogP) is 2.39. The van der Waals surface area contributed by atoms with Crippen LogP contribution in [0.2, 0.25) is 0 Å². The number of hydrogen-bond acceptors (Lipinski definition) is 3. The third kappa shape index (κ3) is 2.84. The molecular weight excluding hydrogens is 236 g/mol. The van der Waals surface area contributed by atoms with Crippen LogP contribution < -0.4 is 5.73 Å². The number of aromatic nitrogens is 3. The highest BCUT2D eigenvalue weighted by Crippen LogP contribution is 2.25. The fourth-order valence-corrected chi connectivity index (χ4v) is 2.37. The lowest BCUT2D eigenvalue weighted by atomic mass is 9.90. The minimum atomic E-state index is -0.0130. The molecule has 0 unspecified atom stereocenters. The van der Waals surface area contributed by atoms with Crippen molar-refractivity contribution in [2.24, 2.45) is 5.73 Å². The highest BCUT2D eigenvalue weighted by Gasteiger charge is 2.24. The number of hydrogen-bond donors (Lipinski definition) is 1. The predicted molar refractivity (Wildman–Crippen MR) is 76.9 cm³/mol. The average Bonchev–Trinajstić information content (AvgIpc) is 2.75. The van der Waals surface area contributed by atoms with Crippen molar-refractivity contribution >= 4 is 0 Å². The second-order valence-corrected chi connectivity index (χ2v) is 5.92. The molecule has 0 fully saturated rings. The van der Waals surface area contributed by atoms with Crippen molar-refractivity contribution in [1.82, 2.24) is 15.0 Å². The van der Waals surface area contributed by atoms with E-state index in [2.05, 4.69) is 62.3 Å². The van der Waals surface area contributed by atoms with Crippen LogP contribution in [0.4, 0.5) is 0 Å². The van der Waals surface area contributed by atoms with Gasteiger partial charge >= 0.3 is 0 Å². The first-order chi connectivity index (χ1) is 8.93. The van der Waals surface area contributed by atoms with E-state index in [-0.39, 0.29) is 5.41 Å². The van der Waals surface area contributed by atoms with Gasteiger partial charge in [0.1, 0.15) is 0 Å². The molecule has 2 N–H and O–H groups in total. The molecule has 19 heavy (non-hydrogen) atoms. The Kier molecular flexibility index (Phi) is 3.71. The molecule has 0 aliphatic rings. The summed E-state index contributed by atoms with van der Waals surface area (Å²) in [4.78, 5) is 0. The van der Waals surface area contributed by atoms with Crippen LogP contribution in [0, 0.1) is 6.92 Å². The van der Waals surface area contributed by atoms with E-state index in [1.54, 1.807) is 0 Å². The molecule has 1 heterocycles. The summed E-state index contributed by atoms with van der Waals surface area (Å²) in [7, 11) is 0. The monoisotopic (exact) mass is 258 g/mol. The molecule has 4 nitrogen and oxygen atoms in total. The fraction of sp³-hybridized carbons (Fsp3) is 0.467. The van der Waals surface area contributed by atoms with Gasteiger partial charge in [-0.15, -0.1) is 5.10 Å². The number of rotatable bonds is 3. The number of aryl methyl sites for hydroxylation is 1. The van der Waals surface area contributed by atoms with Gasteiger partial charge in [0.05, 0.1) is 17.9 Å². The van der Waals surface area contributed by atoms with Crippen LogP contribution in [-0.2, 0) is 18.5 Å². The maximum absolute atomic E-state index is 5.77. The Bertz CT molecular complexity index is 564. The van der Waals surface area contributed by atoms with Gasteiger partial charge in [0, 0.05) is 12.0 Å². The Morgan fingerprint density at radius 2 is 1.89 bits per heavy atom. The third-order valence-corrected chi connectivity index (χ3v) is 3.29. The molecule has 1 aromatic heterocycles. The molecule has 0 bridgehead atoms. The van der Waals surface area contributed by atoms with Crippen molar-refractivity contribution in [3.05, 3.63) is 46.8 Å². The summed E-state index contributed by atoms with van der Waals surface area (Å²) in [6.45, 7) is 9.79. The van der Waals surface area contributed by atoms with Gasteiger partial charge in [-0.2, -0.15) is 0 Å². The van der Waals surface area contributed by atoms with Gasteiger partial charge in [-0.3, -0.25) is 0 Å². The van der Waals surface area contributed by atoms with E-state index < -0.39 is 0 Å². The molecule has 0 aliphatic carbocycles. The van der Waals surface area contributed by atoms with E-state index in [1.165, 1.54) is 11.1 Å². The maximum atomic E-state index is 5.77. The Balaban J connectivity index is 2.42. The van der Waals surface area contributed by atoms with Crippen LogP contribution >= 0.6 is 0 Å². The number of nitrogens with two attached hydrogens (primary N) is 1. The lowest BCUT2D eigenvalue weighted by Crippen LogP contribution is -2.22. The van der Waals surface area contributed by atoms with E-state index in [9.17, 15) is 0 Å². The standard InChI is InChI=1S/C15H22N4/c1-11-7-5-6-8-12(11)10-19-14(15(2,3)4)13(9-16)17-18-19/h5-8H,9-10,16H2,1-4H3. The lowest BCUT2D eigenvalue weighted by Gasteiger charge is -2.21. The molecule has 2 rings (SSSR count). The van der Waals surface area contributed by atoms with Crippen LogP contribution in [0.25, 0.3) is 0 Å². The summed E-state index contributed by atoms with van der Waals surface area (Å²) < 4.78 is 1.98. The molecule has 102 valence electrons. The smallest absolute Gasteiger partial charge is 0.1000 e. The zero-order chi connectivity index (χ0) is 14.0. The Hall–Kier alpha value is -1.68. The van der Waals surface area contributed by atoms with E-state index >= 15 is 0 Å². The van der Waals surface area contributed by atoms with E-state index in [0.29, 0.717) is 6.54 Å². The van der Waals surface area contributed by atoms with Crippen molar-refractivity contribution in [2.75, 3.05) is 0 Å². The molecule has 2 aromatic rings. The van der Waals surface area contributed by atoms with Crippen LogP contribution in [0.15, 0.2) is 24.3 Å². The molecule has 0 radical (unpaired) electrons. The van der Waals surface area contributed by atoms with Gasteiger partial charge in [0.2, 0.25) is 0 Å². The Morgan fingerprint density at radius 3 is 2.47 bits per heavy atom. The van der Waals surface area contributed by atoms with Crippen LogP contribution in [0.3, 0.4) is 0 Å². The zero-order valence-electron chi connectivity index (χ0n) is 12.1. The first-order valence-electron chi connectivity index (χ1n) is 6.61. The minimum Gasteiger partial charge on any atom is -0.325 e. The van der Waals surface area contributed by atoms with E-state index in [1.807, 2.05) is 4.68 Å². The quantitative estimate of drug-likeness (QED) is 0.919. The minimum absolute atomic E-state index is 0.0130. The summed E-state index contributed by atoms with van der Waals surface area (Å²) in [6.07, 6.45) is 0. The van der Waals surface area contributed by atoms with Gasteiger partial charge in [0.25, 0.3) is 0 Å². The molecule has 4 heteroatoms. The summed E-state index contributed by atoms with van der Waals surface area (Å²) in [5.74, 6) is 0. The first-order valence-corrected chi connectivity index (χ1v) is 6.61. The van der Waals surface area contributed by atoms with Crippen LogP contribution in [0.1, 0.15) is 43.3 Å². The lowest BCUT2D eigenvalue weighted by molar-refractivity contribution is 0.498. The summed E-state index contributed by atoms with van der Waals surface area (Å²) >= 11 is 0. The van der Waals surface area contributed by atoms with Gasteiger partial charge < -0.3 is 5.73 Å². The van der Waals surface area contributed by atoms with Gasteiger partial charge in [-0.1, -0.05) is 50.3 Å². The van der Waals surface area contributed by atoms with Gasteiger partial charge in [0.15, 0.2) is 0 Å². The molecule has 0 saturated heterocycles. The molecule has 0 amide bonds. The van der Waals surface area contributed by atoms with Crippen molar-refractivity contribution < 1.29 is 0 Å². The van der Waals surface area contributed by atoms with Gasteiger partial charge in [-0.05, 0) is 18.1 Å².